The highest BCUT2D eigenvalue weighted by atomic mass is 35.5. The van der Waals surface area contributed by atoms with Gasteiger partial charge in [0, 0.05) is 42.2 Å². The summed E-state index contributed by atoms with van der Waals surface area (Å²) in [4.78, 5) is 3.79. The number of thiophene rings is 1. The Morgan fingerprint density at radius 3 is 2.90 bits per heavy atom. The third-order valence-electron chi connectivity index (χ3n) is 5.94. The number of nitrogens with one attached hydrogen (secondary N) is 1. The Morgan fingerprint density at radius 2 is 2.17 bits per heavy atom. The summed E-state index contributed by atoms with van der Waals surface area (Å²) < 4.78 is 34.4. The quantitative estimate of drug-likeness (QED) is 0.720. The molecule has 0 radical (unpaired) electrons. The molecule has 2 aliphatic heterocycles. The van der Waals surface area contributed by atoms with Crippen LogP contribution in [0.25, 0.3) is 0 Å². The minimum Gasteiger partial charge on any atom is -0.369 e. The van der Waals surface area contributed by atoms with Gasteiger partial charge in [0.25, 0.3) is 0 Å². The number of halogens is 1. The van der Waals surface area contributed by atoms with Crippen molar-refractivity contribution in [2.75, 3.05) is 32.5 Å². The molecule has 0 aliphatic carbocycles. The van der Waals surface area contributed by atoms with Crippen LogP contribution in [-0.2, 0) is 33.5 Å². The number of ether oxygens (including phenoxy) is 1. The van der Waals surface area contributed by atoms with Crippen molar-refractivity contribution in [3.63, 3.8) is 0 Å². The second-order valence-corrected chi connectivity index (χ2v) is 11.7. The molecule has 4 rings (SSSR count). The smallest absolute Gasteiger partial charge is 0.213 e. The van der Waals surface area contributed by atoms with E-state index < -0.39 is 10.0 Å². The van der Waals surface area contributed by atoms with Gasteiger partial charge in [-0.3, -0.25) is 9.58 Å². The van der Waals surface area contributed by atoms with Crippen LogP contribution < -0.4 is 4.72 Å². The van der Waals surface area contributed by atoms with Gasteiger partial charge in [-0.25, -0.2) is 13.1 Å². The van der Waals surface area contributed by atoms with Crippen LogP contribution in [0.5, 0.6) is 0 Å². The van der Waals surface area contributed by atoms with Crippen LogP contribution in [0.4, 0.5) is 0 Å². The molecule has 4 heterocycles. The van der Waals surface area contributed by atoms with Gasteiger partial charge >= 0.3 is 0 Å². The average Bonchev–Trinajstić information content (AvgIpc) is 3.32. The second-order valence-electron chi connectivity index (χ2n) is 7.95. The van der Waals surface area contributed by atoms with Gasteiger partial charge in [-0.2, -0.15) is 5.10 Å². The molecule has 29 heavy (non-hydrogen) atoms. The predicted molar refractivity (Wildman–Crippen MR) is 115 cm³/mol. The van der Waals surface area contributed by atoms with Gasteiger partial charge in [-0.15, -0.1) is 11.3 Å². The summed E-state index contributed by atoms with van der Waals surface area (Å²) in [6.45, 7) is 6.00. The number of likely N-dealkylation sites (tertiary alicyclic amines) is 1. The second kappa shape index (κ2) is 8.28. The molecule has 1 N–H and O–H groups in total. The van der Waals surface area contributed by atoms with E-state index >= 15 is 0 Å². The standard InChI is InChI=1S/C19H27ClN4O3S2/c1-14-13-27-19(16-9-17(20)28-18(14)16)3-5-23(6-4-19)11-15-10-22-24(12-15)7-8-29(25,26)21-2/h9-10,12,14,21H,3-8,11,13H2,1-2H3. The Balaban J connectivity index is 1.36. The lowest BCUT2D eigenvalue weighted by molar-refractivity contribution is -0.104. The summed E-state index contributed by atoms with van der Waals surface area (Å²) in [6, 6.07) is 2.11. The highest BCUT2D eigenvalue weighted by Crippen LogP contribution is 2.49. The zero-order valence-electron chi connectivity index (χ0n) is 16.7. The van der Waals surface area contributed by atoms with E-state index in [0.717, 1.165) is 49.0 Å². The molecule has 0 amide bonds. The molecule has 1 unspecified atom stereocenters. The Bertz CT molecular complexity index is 964. The molecule has 1 atom stereocenters. The molecule has 7 nitrogen and oxygen atoms in total. The van der Waals surface area contributed by atoms with Crippen molar-refractivity contribution in [1.82, 2.24) is 19.4 Å². The van der Waals surface area contributed by atoms with Crippen molar-refractivity contribution in [3.05, 3.63) is 38.8 Å². The minimum absolute atomic E-state index is 0.0259. The van der Waals surface area contributed by atoms with E-state index in [1.165, 1.54) is 17.5 Å². The number of nitrogens with zero attached hydrogens (tertiary/aromatic N) is 3. The van der Waals surface area contributed by atoms with Crippen molar-refractivity contribution < 1.29 is 13.2 Å². The van der Waals surface area contributed by atoms with Gasteiger partial charge < -0.3 is 4.74 Å². The fraction of sp³-hybridized carbons (Fsp3) is 0.632. The Labute approximate surface area is 181 Å². The summed E-state index contributed by atoms with van der Waals surface area (Å²) in [5.41, 5.74) is 2.19. The Morgan fingerprint density at radius 1 is 1.41 bits per heavy atom. The molecule has 2 aromatic rings. The molecular weight excluding hydrogens is 432 g/mol. The molecule has 0 bridgehead atoms. The first-order valence-electron chi connectivity index (χ1n) is 9.89. The largest absolute Gasteiger partial charge is 0.369 e. The summed E-state index contributed by atoms with van der Waals surface area (Å²) in [6.07, 6.45) is 5.67. The van der Waals surface area contributed by atoms with Gasteiger partial charge in [0.05, 0.1) is 35.0 Å². The maximum Gasteiger partial charge on any atom is 0.213 e. The Kier molecular flexibility index (Phi) is 6.07. The molecule has 1 spiro atoms. The monoisotopic (exact) mass is 458 g/mol. The maximum atomic E-state index is 11.6. The number of fused-ring (bicyclic) bond motifs is 2. The van der Waals surface area contributed by atoms with Crippen molar-refractivity contribution in [2.45, 2.75) is 44.4 Å². The predicted octanol–water partition coefficient (Wildman–Crippen LogP) is 2.77. The number of aromatic nitrogens is 2. The first-order valence-corrected chi connectivity index (χ1v) is 12.7. The first-order chi connectivity index (χ1) is 13.8. The molecule has 10 heteroatoms. The van der Waals surface area contributed by atoms with Gasteiger partial charge in [0.1, 0.15) is 0 Å². The fourth-order valence-electron chi connectivity index (χ4n) is 4.20. The number of hydrogen-bond donors (Lipinski definition) is 1. The lowest BCUT2D eigenvalue weighted by atomic mass is 9.80. The van der Waals surface area contributed by atoms with E-state index in [0.29, 0.717) is 12.5 Å². The molecule has 2 aliphatic rings. The third-order valence-corrected chi connectivity index (χ3v) is 8.77. The molecule has 0 aromatic carbocycles. The lowest BCUT2D eigenvalue weighted by Crippen LogP contribution is -2.46. The Hall–Kier alpha value is -0.970. The fourth-order valence-corrected chi connectivity index (χ4v) is 6.21. The van der Waals surface area contributed by atoms with Crippen molar-refractivity contribution in [2.24, 2.45) is 0 Å². The van der Waals surface area contributed by atoms with Crippen LogP contribution in [0, 0.1) is 0 Å². The summed E-state index contributed by atoms with van der Waals surface area (Å²) in [5.74, 6) is 0.432. The van der Waals surface area contributed by atoms with Crippen LogP contribution >= 0.6 is 22.9 Å². The zero-order valence-corrected chi connectivity index (χ0v) is 19.1. The van der Waals surface area contributed by atoms with Gasteiger partial charge in [-0.1, -0.05) is 18.5 Å². The number of rotatable bonds is 6. The van der Waals surface area contributed by atoms with Crippen molar-refractivity contribution in [1.29, 1.82) is 0 Å². The number of piperidine rings is 1. The maximum absolute atomic E-state index is 11.6. The summed E-state index contributed by atoms with van der Waals surface area (Å²) >= 11 is 8.02. The van der Waals surface area contributed by atoms with Gasteiger partial charge in [0.15, 0.2) is 0 Å². The van der Waals surface area contributed by atoms with E-state index in [1.54, 1.807) is 16.0 Å². The number of aryl methyl sites for hydroxylation is 1. The van der Waals surface area contributed by atoms with Crippen molar-refractivity contribution in [3.8, 4) is 0 Å². The van der Waals surface area contributed by atoms with Crippen LogP contribution in [0.3, 0.4) is 0 Å². The summed E-state index contributed by atoms with van der Waals surface area (Å²) in [5, 5.41) is 4.30. The van der Waals surface area contributed by atoms with Crippen LogP contribution in [0.1, 0.15) is 41.7 Å². The van der Waals surface area contributed by atoms with Gasteiger partial charge in [-0.05, 0) is 31.5 Å². The van der Waals surface area contributed by atoms with E-state index in [1.807, 2.05) is 12.4 Å². The third kappa shape index (κ3) is 4.55. The van der Waals surface area contributed by atoms with E-state index in [-0.39, 0.29) is 11.4 Å². The van der Waals surface area contributed by atoms with Gasteiger partial charge in [0.2, 0.25) is 10.0 Å². The zero-order chi connectivity index (χ0) is 20.6. The topological polar surface area (TPSA) is 76.5 Å². The van der Waals surface area contributed by atoms with Crippen LogP contribution in [0.2, 0.25) is 4.34 Å². The molecule has 2 aromatic heterocycles. The lowest BCUT2D eigenvalue weighted by Gasteiger charge is -2.45. The summed E-state index contributed by atoms with van der Waals surface area (Å²) in [7, 11) is -1.79. The van der Waals surface area contributed by atoms with Crippen molar-refractivity contribution >= 4 is 33.0 Å². The molecule has 160 valence electrons. The van der Waals surface area contributed by atoms with E-state index in [2.05, 4.69) is 27.7 Å². The highest BCUT2D eigenvalue weighted by molar-refractivity contribution is 7.89. The molecule has 1 saturated heterocycles. The van der Waals surface area contributed by atoms with Crippen LogP contribution in [-0.4, -0.2) is 55.6 Å². The van der Waals surface area contributed by atoms with E-state index in [4.69, 9.17) is 16.3 Å². The molecule has 1 fully saturated rings. The molecular formula is C19H27ClN4O3S2. The first kappa shape index (κ1) is 21.3. The highest BCUT2D eigenvalue weighted by Gasteiger charge is 2.43. The van der Waals surface area contributed by atoms with E-state index in [9.17, 15) is 8.42 Å². The number of hydrogen-bond acceptors (Lipinski definition) is 6. The normalized spacial score (nSPS) is 22.1. The minimum atomic E-state index is -3.22. The SMILES string of the molecule is CNS(=O)(=O)CCn1cc(CN2CCC3(CC2)OCC(C)c2sc(Cl)cc23)cn1. The molecule has 0 saturated carbocycles. The average molecular weight is 459 g/mol. The number of sulfonamides is 1. The van der Waals surface area contributed by atoms with Crippen LogP contribution in [0.15, 0.2) is 18.5 Å².